The van der Waals surface area contributed by atoms with Crippen LogP contribution in [-0.4, -0.2) is 48.2 Å². The molecule has 0 spiro atoms. The van der Waals surface area contributed by atoms with Gasteiger partial charge in [-0.3, -0.25) is 4.79 Å². The van der Waals surface area contributed by atoms with E-state index in [1.54, 1.807) is 30.3 Å². The Kier molecular flexibility index (Phi) is 7.72. The summed E-state index contributed by atoms with van der Waals surface area (Å²) in [5.74, 6) is 0.512. The second-order valence-corrected chi connectivity index (χ2v) is 8.16. The van der Waals surface area contributed by atoms with E-state index < -0.39 is 5.56 Å². The summed E-state index contributed by atoms with van der Waals surface area (Å²) < 4.78 is 12.4. The van der Waals surface area contributed by atoms with E-state index in [-0.39, 0.29) is 17.2 Å². The van der Waals surface area contributed by atoms with E-state index in [9.17, 15) is 4.79 Å². The van der Waals surface area contributed by atoms with Crippen LogP contribution in [0.5, 0.6) is 5.75 Å². The van der Waals surface area contributed by atoms with Gasteiger partial charge in [0.1, 0.15) is 19.5 Å². The zero-order chi connectivity index (χ0) is 24.9. The highest BCUT2D eigenvalue weighted by Gasteiger charge is 2.22. The first-order valence-corrected chi connectivity index (χ1v) is 11.4. The van der Waals surface area contributed by atoms with E-state index >= 15 is 0 Å². The predicted molar refractivity (Wildman–Crippen MR) is 137 cm³/mol. The maximum absolute atomic E-state index is 13.3. The third kappa shape index (κ3) is 5.03. The van der Waals surface area contributed by atoms with Gasteiger partial charge in [-0.1, -0.05) is 41.4 Å². The van der Waals surface area contributed by atoms with E-state index in [0.717, 1.165) is 4.73 Å². The van der Waals surface area contributed by atoms with Gasteiger partial charge in [-0.15, -0.1) is 4.73 Å². The number of aromatic nitrogens is 3. The maximum atomic E-state index is 13.3. The molecule has 4 aromatic rings. The number of pyridine rings is 1. The van der Waals surface area contributed by atoms with Gasteiger partial charge in [0.15, 0.2) is 5.65 Å². The molecule has 2 heterocycles. The van der Waals surface area contributed by atoms with Crippen molar-refractivity contribution < 1.29 is 14.3 Å². The normalized spacial score (nSPS) is 11.1. The fraction of sp³-hybridized carbons (Fsp3) is 0.208. The number of anilines is 1. The summed E-state index contributed by atoms with van der Waals surface area (Å²) in [5.41, 5.74) is 12.9. The van der Waals surface area contributed by atoms with Crippen molar-refractivity contribution in [1.82, 2.24) is 14.7 Å². The molecular formula is C24H23Cl2N5O4. The van der Waals surface area contributed by atoms with Crippen molar-refractivity contribution in [3.8, 4) is 28.1 Å². The van der Waals surface area contributed by atoms with Crippen LogP contribution in [0, 0.1) is 0 Å². The molecule has 0 aliphatic heterocycles. The zero-order valence-electron chi connectivity index (χ0n) is 18.8. The number of benzene rings is 2. The summed E-state index contributed by atoms with van der Waals surface area (Å²) >= 11 is 12.8. The quantitative estimate of drug-likeness (QED) is 0.324. The summed E-state index contributed by atoms with van der Waals surface area (Å²) in [7, 11) is 1.36. The van der Waals surface area contributed by atoms with Crippen molar-refractivity contribution in [1.29, 1.82) is 0 Å². The third-order valence-corrected chi connectivity index (χ3v) is 5.77. The van der Waals surface area contributed by atoms with Gasteiger partial charge in [-0.25, -0.2) is 4.98 Å². The van der Waals surface area contributed by atoms with Crippen LogP contribution in [0.4, 0.5) is 5.95 Å². The van der Waals surface area contributed by atoms with Crippen LogP contribution in [0.15, 0.2) is 53.3 Å². The SMILES string of the molecule is COn1c(=O)c(-c2c(Cl)cccc2Cl)cc2c(-c3ccccc3OCCOCCN)nc(N)nc21. The Labute approximate surface area is 211 Å². The molecule has 2 aromatic carbocycles. The molecule has 11 heteroatoms. The summed E-state index contributed by atoms with van der Waals surface area (Å²) in [5, 5.41) is 1.12. The Hall–Kier alpha value is -3.37. The molecule has 0 saturated carbocycles. The largest absolute Gasteiger partial charge is 0.490 e. The van der Waals surface area contributed by atoms with Crippen molar-refractivity contribution in [2.45, 2.75) is 0 Å². The lowest BCUT2D eigenvalue weighted by atomic mass is 10.0. The Morgan fingerprint density at radius 3 is 2.43 bits per heavy atom. The minimum Gasteiger partial charge on any atom is -0.490 e. The Balaban J connectivity index is 1.93. The molecule has 0 bridgehead atoms. The van der Waals surface area contributed by atoms with Gasteiger partial charge in [0.2, 0.25) is 5.95 Å². The van der Waals surface area contributed by atoms with Gasteiger partial charge < -0.3 is 25.8 Å². The van der Waals surface area contributed by atoms with Crippen molar-refractivity contribution in [2.24, 2.45) is 5.73 Å². The molecule has 4 rings (SSSR count). The van der Waals surface area contributed by atoms with Crippen LogP contribution >= 0.6 is 23.2 Å². The van der Waals surface area contributed by atoms with Crippen molar-refractivity contribution >= 4 is 40.2 Å². The summed E-state index contributed by atoms with van der Waals surface area (Å²) in [6, 6.07) is 14.0. The molecular weight excluding hydrogens is 493 g/mol. The minimum absolute atomic E-state index is 0.0395. The van der Waals surface area contributed by atoms with Crippen LogP contribution in [0.25, 0.3) is 33.4 Å². The number of para-hydroxylation sites is 1. The molecule has 2 aromatic heterocycles. The van der Waals surface area contributed by atoms with Gasteiger partial charge in [-0.05, 0) is 30.3 Å². The lowest BCUT2D eigenvalue weighted by Gasteiger charge is -2.16. The summed E-state index contributed by atoms with van der Waals surface area (Å²) in [4.78, 5) is 27.5. The van der Waals surface area contributed by atoms with E-state index in [2.05, 4.69) is 9.97 Å². The first-order valence-electron chi connectivity index (χ1n) is 10.7. The fourth-order valence-corrected chi connectivity index (χ4v) is 4.27. The van der Waals surface area contributed by atoms with E-state index in [1.807, 2.05) is 18.2 Å². The number of hydrogen-bond donors (Lipinski definition) is 2. The van der Waals surface area contributed by atoms with E-state index in [1.165, 1.54) is 7.11 Å². The molecule has 0 aliphatic carbocycles. The van der Waals surface area contributed by atoms with Crippen LogP contribution in [0.3, 0.4) is 0 Å². The van der Waals surface area contributed by atoms with Crippen molar-refractivity contribution in [3.05, 3.63) is 68.9 Å². The first kappa shape index (κ1) is 24.7. The topological polar surface area (TPSA) is 128 Å². The highest BCUT2D eigenvalue weighted by Crippen LogP contribution is 2.37. The number of hydrogen-bond acceptors (Lipinski definition) is 8. The molecule has 0 aliphatic rings. The lowest BCUT2D eigenvalue weighted by Crippen LogP contribution is -2.27. The van der Waals surface area contributed by atoms with E-state index in [0.29, 0.717) is 64.4 Å². The number of fused-ring (bicyclic) bond motifs is 1. The number of nitrogens with zero attached hydrogens (tertiary/aromatic N) is 3. The van der Waals surface area contributed by atoms with Crippen LogP contribution in [0.2, 0.25) is 10.0 Å². The number of nitrogens with two attached hydrogens (primary N) is 2. The molecule has 0 fully saturated rings. The second kappa shape index (κ2) is 10.9. The van der Waals surface area contributed by atoms with Crippen molar-refractivity contribution in [3.63, 3.8) is 0 Å². The summed E-state index contributed by atoms with van der Waals surface area (Å²) in [6.07, 6.45) is 0. The molecule has 182 valence electrons. The molecule has 0 unspecified atom stereocenters. The number of halogens is 2. The van der Waals surface area contributed by atoms with Crippen LogP contribution in [-0.2, 0) is 4.74 Å². The smallest absolute Gasteiger partial charge is 0.293 e. The van der Waals surface area contributed by atoms with Crippen LogP contribution in [0.1, 0.15) is 0 Å². The molecule has 0 amide bonds. The number of nitrogen functional groups attached to an aromatic ring is 1. The fourth-order valence-electron chi connectivity index (χ4n) is 3.67. The molecule has 0 radical (unpaired) electrons. The number of ether oxygens (including phenoxy) is 2. The molecule has 4 N–H and O–H groups in total. The first-order chi connectivity index (χ1) is 17.0. The standard InChI is InChI=1S/C24H23Cl2N5O4/c1-33-31-22-16(13-15(23(31)32)20-17(25)6-4-7-18(20)26)21(29-24(28)30-22)14-5-2-3-8-19(14)35-12-11-34-10-9-27/h2-8,13H,9-12,27H2,1H3,(H2,28,29,30). The zero-order valence-corrected chi connectivity index (χ0v) is 20.3. The Bertz CT molecular complexity index is 1410. The van der Waals surface area contributed by atoms with E-state index in [4.69, 9.17) is 49.0 Å². The molecule has 0 saturated heterocycles. The predicted octanol–water partition coefficient (Wildman–Crippen LogP) is 3.43. The highest BCUT2D eigenvalue weighted by molar-refractivity contribution is 6.39. The second-order valence-electron chi connectivity index (χ2n) is 7.35. The average Bonchev–Trinajstić information content (AvgIpc) is 2.84. The van der Waals surface area contributed by atoms with Crippen LogP contribution < -0.4 is 26.6 Å². The Morgan fingerprint density at radius 1 is 0.971 bits per heavy atom. The minimum atomic E-state index is -0.499. The maximum Gasteiger partial charge on any atom is 0.293 e. The van der Waals surface area contributed by atoms with Gasteiger partial charge in [-0.2, -0.15) is 4.98 Å². The highest BCUT2D eigenvalue weighted by atomic mass is 35.5. The third-order valence-electron chi connectivity index (χ3n) is 5.14. The lowest BCUT2D eigenvalue weighted by molar-refractivity contribution is 0.106. The van der Waals surface area contributed by atoms with Gasteiger partial charge in [0.25, 0.3) is 5.56 Å². The monoisotopic (exact) mass is 515 g/mol. The molecule has 9 nitrogen and oxygen atoms in total. The summed E-state index contributed by atoms with van der Waals surface area (Å²) in [6.45, 7) is 1.55. The van der Waals surface area contributed by atoms with Crippen molar-refractivity contribution in [2.75, 3.05) is 39.2 Å². The van der Waals surface area contributed by atoms with Gasteiger partial charge >= 0.3 is 0 Å². The average molecular weight is 516 g/mol. The van der Waals surface area contributed by atoms with Gasteiger partial charge in [0.05, 0.1) is 34.5 Å². The van der Waals surface area contributed by atoms with Gasteiger partial charge in [0, 0.05) is 23.1 Å². The molecule has 35 heavy (non-hydrogen) atoms. The molecule has 0 atom stereocenters. The number of rotatable bonds is 9. The Morgan fingerprint density at radius 2 is 1.71 bits per heavy atom.